The molecular formula is C7H14FNO. The van der Waals surface area contributed by atoms with Gasteiger partial charge in [-0.1, -0.05) is 0 Å². The van der Waals surface area contributed by atoms with Crippen molar-refractivity contribution in [1.29, 1.82) is 0 Å². The molecule has 3 heteroatoms. The molecule has 1 N–H and O–H groups in total. The molecule has 1 fully saturated rings. The first-order valence-electron chi connectivity index (χ1n) is 3.72. The van der Waals surface area contributed by atoms with E-state index in [-0.39, 0.29) is 6.10 Å². The molecule has 0 aliphatic carbocycles. The van der Waals surface area contributed by atoms with Crippen LogP contribution < -0.4 is 5.32 Å². The molecular weight excluding hydrogens is 133 g/mol. The zero-order valence-corrected chi connectivity index (χ0v) is 6.27. The van der Waals surface area contributed by atoms with Gasteiger partial charge in [-0.3, -0.25) is 0 Å². The van der Waals surface area contributed by atoms with Gasteiger partial charge >= 0.3 is 0 Å². The Bertz CT molecular complexity index is 99.6. The molecule has 0 radical (unpaired) electrons. The fraction of sp³-hybridized carbons (Fsp3) is 1.00. The second kappa shape index (κ2) is 3.88. The van der Waals surface area contributed by atoms with Crippen molar-refractivity contribution >= 4 is 0 Å². The molecule has 0 aromatic carbocycles. The summed E-state index contributed by atoms with van der Waals surface area (Å²) < 4.78 is 17.9. The molecule has 1 saturated heterocycles. The van der Waals surface area contributed by atoms with Crippen molar-refractivity contribution in [2.45, 2.75) is 25.1 Å². The highest BCUT2D eigenvalue weighted by Crippen LogP contribution is 2.12. The number of halogens is 1. The number of hydrogen-bond acceptors (Lipinski definition) is 2. The first-order chi connectivity index (χ1) is 4.84. The quantitative estimate of drug-likeness (QED) is 0.590. The highest BCUT2D eigenvalue weighted by Gasteiger charge is 2.21. The molecule has 1 aliphatic rings. The number of ether oxygens (including phenoxy) is 1. The average molecular weight is 147 g/mol. The van der Waals surface area contributed by atoms with Gasteiger partial charge in [0, 0.05) is 7.11 Å². The number of nitrogens with one attached hydrogen (secondary N) is 1. The van der Waals surface area contributed by atoms with E-state index in [1.54, 1.807) is 7.11 Å². The number of rotatable bonds is 1. The average Bonchev–Trinajstić information content (AvgIpc) is 2.13. The van der Waals surface area contributed by atoms with E-state index in [0.717, 1.165) is 19.5 Å². The minimum atomic E-state index is -0.778. The third-order valence-electron chi connectivity index (χ3n) is 1.91. The third-order valence-corrected chi connectivity index (χ3v) is 1.91. The number of hydrogen-bond donors (Lipinski definition) is 1. The van der Waals surface area contributed by atoms with Crippen LogP contribution in [-0.4, -0.2) is 32.5 Å². The number of methoxy groups -OCH3 is 1. The summed E-state index contributed by atoms with van der Waals surface area (Å²) in [5.41, 5.74) is 0. The SMILES string of the molecule is COC1CCNCCC1F. The van der Waals surface area contributed by atoms with E-state index in [2.05, 4.69) is 5.32 Å². The highest BCUT2D eigenvalue weighted by atomic mass is 19.1. The lowest BCUT2D eigenvalue weighted by Crippen LogP contribution is -2.23. The topological polar surface area (TPSA) is 21.3 Å². The summed E-state index contributed by atoms with van der Waals surface area (Å²) in [5.74, 6) is 0. The summed E-state index contributed by atoms with van der Waals surface area (Å²) >= 11 is 0. The van der Waals surface area contributed by atoms with Crippen molar-refractivity contribution in [3.8, 4) is 0 Å². The first-order valence-corrected chi connectivity index (χ1v) is 3.72. The van der Waals surface area contributed by atoms with Crippen molar-refractivity contribution in [2.24, 2.45) is 0 Å². The normalized spacial score (nSPS) is 35.4. The maximum Gasteiger partial charge on any atom is 0.127 e. The van der Waals surface area contributed by atoms with Gasteiger partial charge in [0.1, 0.15) is 6.17 Å². The van der Waals surface area contributed by atoms with Crippen molar-refractivity contribution in [3.05, 3.63) is 0 Å². The fourth-order valence-corrected chi connectivity index (χ4v) is 1.24. The molecule has 1 aliphatic heterocycles. The Hall–Kier alpha value is -0.150. The van der Waals surface area contributed by atoms with Gasteiger partial charge in [-0.05, 0) is 25.9 Å². The summed E-state index contributed by atoms with van der Waals surface area (Å²) in [6.45, 7) is 1.65. The number of alkyl halides is 1. The van der Waals surface area contributed by atoms with Crippen LogP contribution in [0.15, 0.2) is 0 Å². The van der Waals surface area contributed by atoms with E-state index in [1.165, 1.54) is 0 Å². The van der Waals surface area contributed by atoms with Crippen LogP contribution in [0.1, 0.15) is 12.8 Å². The van der Waals surface area contributed by atoms with Crippen LogP contribution in [0.5, 0.6) is 0 Å². The lowest BCUT2D eigenvalue weighted by molar-refractivity contribution is 0.0310. The summed E-state index contributed by atoms with van der Waals surface area (Å²) in [6, 6.07) is 0. The molecule has 0 spiro atoms. The maximum absolute atomic E-state index is 12.9. The van der Waals surface area contributed by atoms with Crippen molar-refractivity contribution in [2.75, 3.05) is 20.2 Å². The third kappa shape index (κ3) is 1.92. The molecule has 0 amide bonds. The molecule has 2 nitrogen and oxygen atoms in total. The van der Waals surface area contributed by atoms with E-state index in [4.69, 9.17) is 4.74 Å². The smallest absolute Gasteiger partial charge is 0.127 e. The van der Waals surface area contributed by atoms with Crippen LogP contribution in [0, 0.1) is 0 Å². The van der Waals surface area contributed by atoms with Crippen LogP contribution in [-0.2, 0) is 4.74 Å². The van der Waals surface area contributed by atoms with Crippen LogP contribution in [0.3, 0.4) is 0 Å². The summed E-state index contributed by atoms with van der Waals surface area (Å²) in [4.78, 5) is 0. The van der Waals surface area contributed by atoms with Gasteiger partial charge in [-0.2, -0.15) is 0 Å². The molecule has 2 atom stereocenters. The van der Waals surface area contributed by atoms with Crippen LogP contribution in [0.4, 0.5) is 4.39 Å². The van der Waals surface area contributed by atoms with Gasteiger partial charge in [0.05, 0.1) is 6.10 Å². The summed E-state index contributed by atoms with van der Waals surface area (Å²) in [6.07, 6.45) is 0.408. The second-order valence-corrected chi connectivity index (χ2v) is 2.62. The largest absolute Gasteiger partial charge is 0.378 e. The Morgan fingerprint density at radius 1 is 1.40 bits per heavy atom. The second-order valence-electron chi connectivity index (χ2n) is 2.62. The van der Waals surface area contributed by atoms with Crippen molar-refractivity contribution in [1.82, 2.24) is 5.32 Å². The minimum Gasteiger partial charge on any atom is -0.378 e. The molecule has 2 unspecified atom stereocenters. The van der Waals surface area contributed by atoms with E-state index in [0.29, 0.717) is 6.42 Å². The van der Waals surface area contributed by atoms with Crippen LogP contribution >= 0.6 is 0 Å². The van der Waals surface area contributed by atoms with Crippen LogP contribution in [0.2, 0.25) is 0 Å². The Kier molecular flexibility index (Phi) is 3.09. The van der Waals surface area contributed by atoms with Gasteiger partial charge in [-0.25, -0.2) is 4.39 Å². The first kappa shape index (κ1) is 7.95. The molecule has 60 valence electrons. The molecule has 1 rings (SSSR count). The maximum atomic E-state index is 12.9. The van der Waals surface area contributed by atoms with E-state index < -0.39 is 6.17 Å². The molecule has 0 aromatic heterocycles. The fourth-order valence-electron chi connectivity index (χ4n) is 1.24. The highest BCUT2D eigenvalue weighted by molar-refractivity contribution is 4.74. The minimum absolute atomic E-state index is 0.185. The monoisotopic (exact) mass is 147 g/mol. The predicted octanol–water partition coefficient (Wildman–Crippen LogP) is 0.723. The predicted molar refractivity (Wildman–Crippen MR) is 37.8 cm³/mol. The van der Waals surface area contributed by atoms with E-state index in [9.17, 15) is 4.39 Å². The van der Waals surface area contributed by atoms with Gasteiger partial charge in [0.25, 0.3) is 0 Å². The Balaban J connectivity index is 2.35. The molecule has 10 heavy (non-hydrogen) atoms. The van der Waals surface area contributed by atoms with Gasteiger partial charge in [0.15, 0.2) is 0 Å². The molecule has 1 heterocycles. The lowest BCUT2D eigenvalue weighted by atomic mass is 10.1. The molecule has 0 saturated carbocycles. The Morgan fingerprint density at radius 2 is 2.10 bits per heavy atom. The Labute approximate surface area is 60.8 Å². The van der Waals surface area contributed by atoms with Gasteiger partial charge < -0.3 is 10.1 Å². The van der Waals surface area contributed by atoms with Crippen molar-refractivity contribution < 1.29 is 9.13 Å². The van der Waals surface area contributed by atoms with Gasteiger partial charge in [0.2, 0.25) is 0 Å². The molecule has 0 bridgehead atoms. The zero-order chi connectivity index (χ0) is 7.40. The zero-order valence-electron chi connectivity index (χ0n) is 6.27. The Morgan fingerprint density at radius 3 is 2.80 bits per heavy atom. The summed E-state index contributed by atoms with van der Waals surface area (Å²) in [7, 11) is 1.57. The summed E-state index contributed by atoms with van der Waals surface area (Å²) in [5, 5.41) is 3.12. The van der Waals surface area contributed by atoms with Crippen molar-refractivity contribution in [3.63, 3.8) is 0 Å². The lowest BCUT2D eigenvalue weighted by Gasteiger charge is -2.14. The standard InChI is InChI=1S/C7H14FNO/c1-10-7-3-5-9-4-2-6(7)8/h6-7,9H,2-5H2,1H3. The van der Waals surface area contributed by atoms with E-state index in [1.807, 2.05) is 0 Å². The van der Waals surface area contributed by atoms with Gasteiger partial charge in [-0.15, -0.1) is 0 Å². The molecule has 0 aromatic rings. The van der Waals surface area contributed by atoms with E-state index >= 15 is 0 Å². The van der Waals surface area contributed by atoms with Crippen LogP contribution in [0.25, 0.3) is 0 Å².